The Morgan fingerprint density at radius 3 is 2.74 bits per heavy atom. The molecule has 4 nitrogen and oxygen atoms in total. The van der Waals surface area contributed by atoms with Crippen LogP contribution in [0.4, 0.5) is 5.82 Å². The maximum Gasteiger partial charge on any atom is 0.159 e. The fourth-order valence-corrected chi connectivity index (χ4v) is 2.81. The van der Waals surface area contributed by atoms with E-state index in [1.54, 1.807) is 11.3 Å². The number of nitrogens with two attached hydrogens (primary N) is 1. The third-order valence-electron chi connectivity index (χ3n) is 3.02. The third kappa shape index (κ3) is 2.90. The maximum absolute atomic E-state index is 5.80. The molecule has 0 saturated carbocycles. The first-order valence-corrected chi connectivity index (χ1v) is 7.23. The molecule has 1 atom stereocenters. The molecule has 1 unspecified atom stereocenters. The standard InChI is InChI=1S/C13H16N4S2/c1-7-8(2)16-17-13(11(7)12(14)18)15-9(3)10-5-4-6-19-10/h4-6,9H,1-3H3,(H2,14,18)(H,15,17). The van der Waals surface area contributed by atoms with Crippen molar-refractivity contribution >= 4 is 34.4 Å². The van der Waals surface area contributed by atoms with E-state index < -0.39 is 0 Å². The zero-order valence-electron chi connectivity index (χ0n) is 11.1. The maximum atomic E-state index is 5.80. The molecule has 2 rings (SSSR count). The summed E-state index contributed by atoms with van der Waals surface area (Å²) in [7, 11) is 0. The van der Waals surface area contributed by atoms with Crippen molar-refractivity contribution in [1.82, 2.24) is 10.2 Å². The first-order chi connectivity index (χ1) is 9.00. The van der Waals surface area contributed by atoms with Crippen molar-refractivity contribution in [3.05, 3.63) is 39.2 Å². The van der Waals surface area contributed by atoms with Crippen LogP contribution in [0.15, 0.2) is 17.5 Å². The van der Waals surface area contributed by atoms with E-state index in [2.05, 4.69) is 28.5 Å². The molecule has 0 saturated heterocycles. The first-order valence-electron chi connectivity index (χ1n) is 5.94. The van der Waals surface area contributed by atoms with E-state index >= 15 is 0 Å². The summed E-state index contributed by atoms with van der Waals surface area (Å²) in [4.78, 5) is 1.57. The SMILES string of the molecule is Cc1nnc(NC(C)c2cccs2)c(C(N)=S)c1C. The lowest BCUT2D eigenvalue weighted by Crippen LogP contribution is -2.19. The molecule has 0 aliphatic rings. The van der Waals surface area contributed by atoms with Gasteiger partial charge in [0.25, 0.3) is 0 Å². The van der Waals surface area contributed by atoms with E-state index in [4.69, 9.17) is 18.0 Å². The molecule has 100 valence electrons. The summed E-state index contributed by atoms with van der Waals surface area (Å²) in [5.41, 5.74) is 8.41. The Kier molecular flexibility index (Phi) is 4.11. The van der Waals surface area contributed by atoms with Gasteiger partial charge in [-0.1, -0.05) is 18.3 Å². The largest absolute Gasteiger partial charge is 0.389 e. The molecule has 0 spiro atoms. The van der Waals surface area contributed by atoms with E-state index in [0.717, 1.165) is 16.8 Å². The fourth-order valence-electron chi connectivity index (χ4n) is 1.82. The quantitative estimate of drug-likeness (QED) is 0.848. The number of aryl methyl sites for hydroxylation is 1. The molecule has 0 aliphatic heterocycles. The van der Waals surface area contributed by atoms with Crippen LogP contribution < -0.4 is 11.1 Å². The van der Waals surface area contributed by atoms with E-state index in [9.17, 15) is 0 Å². The van der Waals surface area contributed by atoms with Crippen LogP contribution in [0.5, 0.6) is 0 Å². The highest BCUT2D eigenvalue weighted by atomic mass is 32.1. The van der Waals surface area contributed by atoms with Crippen LogP contribution in [0, 0.1) is 13.8 Å². The summed E-state index contributed by atoms with van der Waals surface area (Å²) in [6.07, 6.45) is 0. The predicted octanol–water partition coefficient (Wildman–Crippen LogP) is 2.96. The monoisotopic (exact) mass is 292 g/mol. The minimum atomic E-state index is 0.143. The number of aromatic nitrogens is 2. The van der Waals surface area contributed by atoms with Crippen molar-refractivity contribution in [2.75, 3.05) is 5.32 Å². The van der Waals surface area contributed by atoms with Crippen LogP contribution in [0.2, 0.25) is 0 Å². The average Bonchev–Trinajstić information content (AvgIpc) is 2.87. The van der Waals surface area contributed by atoms with Gasteiger partial charge >= 0.3 is 0 Å². The molecule has 0 radical (unpaired) electrons. The summed E-state index contributed by atoms with van der Waals surface area (Å²) in [5.74, 6) is 0.650. The topological polar surface area (TPSA) is 63.8 Å². The Bertz CT molecular complexity index is 593. The van der Waals surface area contributed by atoms with Crippen LogP contribution in [-0.2, 0) is 0 Å². The van der Waals surface area contributed by atoms with Gasteiger partial charge in [-0.05, 0) is 37.8 Å². The van der Waals surface area contributed by atoms with E-state index in [0.29, 0.717) is 10.8 Å². The van der Waals surface area contributed by atoms with Crippen molar-refractivity contribution in [1.29, 1.82) is 0 Å². The Hall–Kier alpha value is -1.53. The number of anilines is 1. The van der Waals surface area contributed by atoms with Gasteiger partial charge in [0.2, 0.25) is 0 Å². The minimum Gasteiger partial charge on any atom is -0.389 e. The summed E-state index contributed by atoms with van der Waals surface area (Å²) >= 11 is 6.82. The molecular formula is C13H16N4S2. The second kappa shape index (κ2) is 5.63. The lowest BCUT2D eigenvalue weighted by atomic mass is 10.1. The first kappa shape index (κ1) is 13.9. The van der Waals surface area contributed by atoms with Gasteiger partial charge in [0.05, 0.1) is 17.3 Å². The Labute approximate surface area is 122 Å². The van der Waals surface area contributed by atoms with Crippen molar-refractivity contribution in [3.8, 4) is 0 Å². The number of hydrogen-bond acceptors (Lipinski definition) is 5. The lowest BCUT2D eigenvalue weighted by molar-refractivity contribution is 0.866. The molecule has 2 heterocycles. The summed E-state index contributed by atoms with van der Waals surface area (Å²) in [6.45, 7) is 5.93. The van der Waals surface area contributed by atoms with E-state index in [-0.39, 0.29) is 6.04 Å². The summed E-state index contributed by atoms with van der Waals surface area (Å²) < 4.78 is 0. The van der Waals surface area contributed by atoms with Crippen molar-refractivity contribution in [2.45, 2.75) is 26.8 Å². The number of nitrogens with zero attached hydrogens (tertiary/aromatic N) is 2. The molecule has 0 fully saturated rings. The highest BCUT2D eigenvalue weighted by Crippen LogP contribution is 2.25. The molecule has 2 aromatic rings. The molecule has 0 aromatic carbocycles. The Balaban J connectivity index is 2.35. The van der Waals surface area contributed by atoms with Gasteiger partial charge < -0.3 is 11.1 Å². The van der Waals surface area contributed by atoms with Gasteiger partial charge in [-0.25, -0.2) is 0 Å². The summed E-state index contributed by atoms with van der Waals surface area (Å²) in [5, 5.41) is 13.7. The summed E-state index contributed by atoms with van der Waals surface area (Å²) in [6, 6.07) is 4.25. The van der Waals surface area contributed by atoms with Crippen molar-refractivity contribution in [2.24, 2.45) is 5.73 Å². The highest BCUT2D eigenvalue weighted by Gasteiger charge is 2.16. The van der Waals surface area contributed by atoms with Gasteiger partial charge in [0.15, 0.2) is 5.82 Å². The molecule has 0 aliphatic carbocycles. The number of thiocarbonyl (C=S) groups is 1. The molecular weight excluding hydrogens is 276 g/mol. The lowest BCUT2D eigenvalue weighted by Gasteiger charge is -2.17. The average molecular weight is 292 g/mol. The number of thiophene rings is 1. The molecule has 19 heavy (non-hydrogen) atoms. The zero-order valence-corrected chi connectivity index (χ0v) is 12.7. The van der Waals surface area contributed by atoms with Crippen LogP contribution >= 0.6 is 23.6 Å². The molecule has 0 amide bonds. The second-order valence-electron chi connectivity index (χ2n) is 4.38. The van der Waals surface area contributed by atoms with E-state index in [1.807, 2.05) is 25.3 Å². The van der Waals surface area contributed by atoms with Crippen LogP contribution in [0.1, 0.15) is 34.7 Å². The third-order valence-corrected chi connectivity index (χ3v) is 4.28. The van der Waals surface area contributed by atoms with Gasteiger partial charge in [-0.2, -0.15) is 5.10 Å². The van der Waals surface area contributed by atoms with Gasteiger partial charge in [-0.3, -0.25) is 0 Å². The smallest absolute Gasteiger partial charge is 0.159 e. The van der Waals surface area contributed by atoms with Crippen LogP contribution in [-0.4, -0.2) is 15.2 Å². The molecule has 3 N–H and O–H groups in total. The molecule has 6 heteroatoms. The van der Waals surface area contributed by atoms with Crippen LogP contribution in [0.3, 0.4) is 0 Å². The van der Waals surface area contributed by atoms with Gasteiger partial charge in [0, 0.05) is 4.88 Å². The fraction of sp³-hybridized carbons (Fsp3) is 0.308. The predicted molar refractivity (Wildman–Crippen MR) is 83.8 cm³/mol. The molecule has 0 bridgehead atoms. The van der Waals surface area contributed by atoms with Crippen molar-refractivity contribution in [3.63, 3.8) is 0 Å². The van der Waals surface area contributed by atoms with Crippen LogP contribution in [0.25, 0.3) is 0 Å². The van der Waals surface area contributed by atoms with Gasteiger partial charge in [-0.15, -0.1) is 16.4 Å². The second-order valence-corrected chi connectivity index (χ2v) is 5.80. The number of hydrogen-bond donors (Lipinski definition) is 2. The zero-order chi connectivity index (χ0) is 14.0. The normalized spacial score (nSPS) is 12.2. The highest BCUT2D eigenvalue weighted by molar-refractivity contribution is 7.80. The number of nitrogens with one attached hydrogen (secondary N) is 1. The van der Waals surface area contributed by atoms with E-state index in [1.165, 1.54) is 4.88 Å². The Morgan fingerprint density at radius 2 is 2.16 bits per heavy atom. The number of rotatable bonds is 4. The molecule has 2 aromatic heterocycles. The Morgan fingerprint density at radius 1 is 1.42 bits per heavy atom. The van der Waals surface area contributed by atoms with Crippen molar-refractivity contribution < 1.29 is 0 Å². The van der Waals surface area contributed by atoms with Gasteiger partial charge in [0.1, 0.15) is 4.99 Å². The minimum absolute atomic E-state index is 0.143.